The highest BCUT2D eigenvalue weighted by Gasteiger charge is 2.13. The summed E-state index contributed by atoms with van der Waals surface area (Å²) in [5, 5.41) is 9.61. The molecule has 0 fully saturated rings. The second-order valence-electron chi connectivity index (χ2n) is 4.58. The van der Waals surface area contributed by atoms with Crippen molar-refractivity contribution in [2.75, 3.05) is 24.2 Å². The molecule has 1 aromatic rings. The largest absolute Gasteiger partial charge is 0.399 e. The molecule has 0 amide bonds. The Morgan fingerprint density at radius 2 is 1.80 bits per heavy atom. The van der Waals surface area contributed by atoms with Crippen LogP contribution in [0.25, 0.3) is 0 Å². The Morgan fingerprint density at radius 3 is 2.27 bits per heavy atom. The van der Waals surface area contributed by atoms with Gasteiger partial charge in [0.15, 0.2) is 0 Å². The third-order valence-corrected chi connectivity index (χ3v) is 2.39. The third kappa shape index (κ3) is 4.21. The van der Waals surface area contributed by atoms with Gasteiger partial charge in [0.05, 0.1) is 5.60 Å². The number of rotatable bonds is 4. The molecule has 3 N–H and O–H groups in total. The summed E-state index contributed by atoms with van der Waals surface area (Å²) in [5.41, 5.74) is 6.89. The first-order chi connectivity index (χ1) is 6.88. The summed E-state index contributed by atoms with van der Waals surface area (Å²) in [4.78, 5) is 2.11. The maximum absolute atomic E-state index is 9.61. The van der Waals surface area contributed by atoms with Gasteiger partial charge in [-0.3, -0.25) is 0 Å². The van der Waals surface area contributed by atoms with E-state index in [1.54, 1.807) is 0 Å². The fourth-order valence-corrected chi connectivity index (χ4v) is 1.30. The van der Waals surface area contributed by atoms with Crippen LogP contribution in [0.5, 0.6) is 0 Å². The van der Waals surface area contributed by atoms with Gasteiger partial charge in [-0.25, -0.2) is 0 Å². The molecule has 0 radical (unpaired) electrons. The topological polar surface area (TPSA) is 49.5 Å². The average Bonchev–Trinajstić information content (AvgIpc) is 2.14. The molecule has 0 aliphatic heterocycles. The summed E-state index contributed by atoms with van der Waals surface area (Å²) in [6.45, 7) is 4.47. The zero-order valence-electron chi connectivity index (χ0n) is 9.70. The van der Waals surface area contributed by atoms with E-state index in [0.717, 1.165) is 24.3 Å². The van der Waals surface area contributed by atoms with Crippen LogP contribution in [0.2, 0.25) is 0 Å². The molecule has 3 nitrogen and oxygen atoms in total. The molecule has 15 heavy (non-hydrogen) atoms. The Morgan fingerprint density at radius 1 is 1.27 bits per heavy atom. The molecule has 0 spiro atoms. The van der Waals surface area contributed by atoms with Gasteiger partial charge in [0.25, 0.3) is 0 Å². The minimum absolute atomic E-state index is 0.609. The summed E-state index contributed by atoms with van der Waals surface area (Å²) in [7, 11) is 2.01. The molecule has 1 aromatic carbocycles. The number of hydrogen-bond acceptors (Lipinski definition) is 3. The number of anilines is 2. The maximum Gasteiger partial charge on any atom is 0.0608 e. The van der Waals surface area contributed by atoms with E-state index in [1.807, 2.05) is 45.2 Å². The summed E-state index contributed by atoms with van der Waals surface area (Å²) in [6.07, 6.45) is 0.744. The Balaban J connectivity index is 2.54. The van der Waals surface area contributed by atoms with Gasteiger partial charge in [-0.2, -0.15) is 0 Å². The number of nitrogen functional groups attached to an aromatic ring is 1. The Hall–Kier alpha value is -1.22. The second kappa shape index (κ2) is 4.53. The van der Waals surface area contributed by atoms with Gasteiger partial charge in [-0.05, 0) is 44.5 Å². The Kier molecular flexibility index (Phi) is 3.58. The molecule has 84 valence electrons. The van der Waals surface area contributed by atoms with Gasteiger partial charge >= 0.3 is 0 Å². The first kappa shape index (κ1) is 11.9. The first-order valence-electron chi connectivity index (χ1n) is 5.17. The van der Waals surface area contributed by atoms with Crippen LogP contribution in [-0.2, 0) is 0 Å². The molecule has 3 heteroatoms. The lowest BCUT2D eigenvalue weighted by Gasteiger charge is -2.24. The molecule has 0 aliphatic carbocycles. The fourth-order valence-electron chi connectivity index (χ4n) is 1.30. The van der Waals surface area contributed by atoms with Gasteiger partial charge in [0.2, 0.25) is 0 Å². The monoisotopic (exact) mass is 208 g/mol. The fraction of sp³-hybridized carbons (Fsp3) is 0.500. The van der Waals surface area contributed by atoms with E-state index in [-0.39, 0.29) is 0 Å². The van der Waals surface area contributed by atoms with Crippen molar-refractivity contribution in [3.05, 3.63) is 24.3 Å². The lowest BCUT2D eigenvalue weighted by atomic mass is 10.1. The van der Waals surface area contributed by atoms with Crippen molar-refractivity contribution >= 4 is 11.4 Å². The van der Waals surface area contributed by atoms with E-state index in [0.29, 0.717) is 0 Å². The van der Waals surface area contributed by atoms with E-state index in [9.17, 15) is 5.11 Å². The molecule has 0 atom stereocenters. The second-order valence-corrected chi connectivity index (χ2v) is 4.58. The lowest BCUT2D eigenvalue weighted by Crippen LogP contribution is -2.28. The van der Waals surface area contributed by atoms with Crippen LogP contribution in [-0.4, -0.2) is 24.3 Å². The standard InChI is InChI=1S/C12H20N2O/c1-12(2,15)8-9-14(3)11-6-4-10(13)5-7-11/h4-7,15H,8-9,13H2,1-3H3. The van der Waals surface area contributed by atoms with Crippen LogP contribution in [0.3, 0.4) is 0 Å². The summed E-state index contributed by atoms with van der Waals surface area (Å²) >= 11 is 0. The summed E-state index contributed by atoms with van der Waals surface area (Å²) in [6, 6.07) is 7.74. The van der Waals surface area contributed by atoms with Crippen LogP contribution in [0.15, 0.2) is 24.3 Å². The van der Waals surface area contributed by atoms with E-state index in [2.05, 4.69) is 4.90 Å². The van der Waals surface area contributed by atoms with Crippen LogP contribution in [0.1, 0.15) is 20.3 Å². The zero-order valence-corrected chi connectivity index (χ0v) is 9.70. The van der Waals surface area contributed by atoms with Crippen molar-refractivity contribution in [2.45, 2.75) is 25.9 Å². The number of nitrogens with zero attached hydrogens (tertiary/aromatic N) is 1. The Bertz CT molecular complexity index is 300. The first-order valence-corrected chi connectivity index (χ1v) is 5.17. The zero-order chi connectivity index (χ0) is 11.5. The van der Waals surface area contributed by atoms with Crippen molar-refractivity contribution in [3.63, 3.8) is 0 Å². The van der Waals surface area contributed by atoms with Crippen LogP contribution in [0.4, 0.5) is 11.4 Å². The SMILES string of the molecule is CN(CCC(C)(C)O)c1ccc(N)cc1. The predicted molar refractivity (Wildman–Crippen MR) is 65.0 cm³/mol. The molecular formula is C12H20N2O. The van der Waals surface area contributed by atoms with Gasteiger partial charge in [-0.15, -0.1) is 0 Å². The van der Waals surface area contributed by atoms with E-state index in [4.69, 9.17) is 5.73 Å². The normalized spacial score (nSPS) is 11.5. The molecule has 0 saturated heterocycles. The lowest BCUT2D eigenvalue weighted by molar-refractivity contribution is 0.0734. The molecule has 0 aliphatic rings. The molecule has 0 bridgehead atoms. The summed E-state index contributed by atoms with van der Waals surface area (Å²) < 4.78 is 0. The summed E-state index contributed by atoms with van der Waals surface area (Å²) in [5.74, 6) is 0. The highest BCUT2D eigenvalue weighted by atomic mass is 16.3. The minimum atomic E-state index is -0.609. The molecule has 0 unspecified atom stereocenters. The van der Waals surface area contributed by atoms with Crippen molar-refractivity contribution < 1.29 is 5.11 Å². The number of hydrogen-bond donors (Lipinski definition) is 2. The third-order valence-electron chi connectivity index (χ3n) is 2.39. The van der Waals surface area contributed by atoms with Crippen molar-refractivity contribution in [2.24, 2.45) is 0 Å². The van der Waals surface area contributed by atoms with Crippen LogP contribution < -0.4 is 10.6 Å². The van der Waals surface area contributed by atoms with Crippen LogP contribution in [0, 0.1) is 0 Å². The smallest absolute Gasteiger partial charge is 0.0608 e. The molecule has 0 saturated carbocycles. The number of benzene rings is 1. The minimum Gasteiger partial charge on any atom is -0.399 e. The molecule has 0 heterocycles. The van der Waals surface area contributed by atoms with Gasteiger partial charge in [0.1, 0.15) is 0 Å². The van der Waals surface area contributed by atoms with Gasteiger partial charge in [-0.1, -0.05) is 0 Å². The number of nitrogens with two attached hydrogens (primary N) is 1. The predicted octanol–water partition coefficient (Wildman–Crippen LogP) is 1.87. The Labute approximate surface area is 91.5 Å². The maximum atomic E-state index is 9.61. The highest BCUT2D eigenvalue weighted by Crippen LogP contribution is 2.16. The number of aliphatic hydroxyl groups is 1. The van der Waals surface area contributed by atoms with Crippen molar-refractivity contribution in [3.8, 4) is 0 Å². The van der Waals surface area contributed by atoms with Gasteiger partial charge in [0, 0.05) is 25.0 Å². The van der Waals surface area contributed by atoms with Crippen molar-refractivity contribution in [1.29, 1.82) is 0 Å². The van der Waals surface area contributed by atoms with Gasteiger partial charge < -0.3 is 15.7 Å². The molecule has 0 aromatic heterocycles. The van der Waals surface area contributed by atoms with E-state index >= 15 is 0 Å². The quantitative estimate of drug-likeness (QED) is 0.743. The van der Waals surface area contributed by atoms with E-state index in [1.165, 1.54) is 0 Å². The van der Waals surface area contributed by atoms with E-state index < -0.39 is 5.60 Å². The molecule has 1 rings (SSSR count). The molecular weight excluding hydrogens is 188 g/mol. The van der Waals surface area contributed by atoms with Crippen LogP contribution >= 0.6 is 0 Å². The van der Waals surface area contributed by atoms with Crippen molar-refractivity contribution in [1.82, 2.24) is 0 Å². The highest BCUT2D eigenvalue weighted by molar-refractivity contribution is 5.52. The average molecular weight is 208 g/mol.